The first-order chi connectivity index (χ1) is 6.74. The molecular formula is C10H17N3O. The van der Waals surface area contributed by atoms with Crippen LogP contribution in [0.2, 0.25) is 0 Å². The molecule has 78 valence electrons. The Bertz CT molecular complexity index is 276. The van der Waals surface area contributed by atoms with Crippen LogP contribution >= 0.6 is 0 Å². The highest BCUT2D eigenvalue weighted by Crippen LogP contribution is 2.11. The minimum Gasteiger partial charge on any atom is -0.383 e. The van der Waals surface area contributed by atoms with Gasteiger partial charge < -0.3 is 10.1 Å². The summed E-state index contributed by atoms with van der Waals surface area (Å²) in [5.74, 6) is 1.11. The van der Waals surface area contributed by atoms with Gasteiger partial charge in [0.25, 0.3) is 0 Å². The third kappa shape index (κ3) is 3.30. The van der Waals surface area contributed by atoms with Crippen LogP contribution in [0, 0.1) is 0 Å². The highest BCUT2D eigenvalue weighted by Gasteiger charge is 2.01. The Kier molecular flexibility index (Phi) is 4.32. The summed E-state index contributed by atoms with van der Waals surface area (Å²) in [4.78, 5) is 8.48. The van der Waals surface area contributed by atoms with Gasteiger partial charge in [-0.05, 0) is 12.0 Å². The van der Waals surface area contributed by atoms with Crippen LogP contribution in [0.1, 0.15) is 25.5 Å². The Labute approximate surface area is 84.7 Å². The van der Waals surface area contributed by atoms with Gasteiger partial charge in [-0.25, -0.2) is 9.97 Å². The van der Waals surface area contributed by atoms with E-state index in [1.165, 1.54) is 0 Å². The molecule has 0 aliphatic heterocycles. The third-order valence-corrected chi connectivity index (χ3v) is 1.86. The molecule has 0 saturated carbocycles. The zero-order chi connectivity index (χ0) is 10.4. The summed E-state index contributed by atoms with van der Waals surface area (Å²) in [6.07, 6.45) is 1.78. The van der Waals surface area contributed by atoms with E-state index in [1.54, 1.807) is 13.3 Å². The standard InChI is InChI=1S/C10H17N3O/c1-8(2)9-4-5-11-10(13-9)12-6-7-14-3/h4-5,8H,6-7H2,1-3H3,(H,11,12,13). The number of rotatable bonds is 5. The average Bonchev–Trinajstić information content (AvgIpc) is 2.19. The summed E-state index contributed by atoms with van der Waals surface area (Å²) >= 11 is 0. The highest BCUT2D eigenvalue weighted by molar-refractivity contribution is 5.25. The van der Waals surface area contributed by atoms with Gasteiger partial charge >= 0.3 is 0 Å². The number of hydrogen-bond donors (Lipinski definition) is 1. The molecule has 0 amide bonds. The fraction of sp³-hybridized carbons (Fsp3) is 0.600. The number of aromatic nitrogens is 2. The fourth-order valence-corrected chi connectivity index (χ4v) is 1.04. The van der Waals surface area contributed by atoms with Gasteiger partial charge in [0.2, 0.25) is 5.95 Å². The van der Waals surface area contributed by atoms with E-state index in [1.807, 2.05) is 6.07 Å². The molecule has 1 N–H and O–H groups in total. The van der Waals surface area contributed by atoms with Gasteiger partial charge in [-0.3, -0.25) is 0 Å². The normalized spacial score (nSPS) is 10.6. The molecular weight excluding hydrogens is 178 g/mol. The van der Waals surface area contributed by atoms with Crippen LogP contribution in [0.15, 0.2) is 12.3 Å². The van der Waals surface area contributed by atoms with Crippen molar-refractivity contribution in [2.24, 2.45) is 0 Å². The largest absolute Gasteiger partial charge is 0.383 e. The van der Waals surface area contributed by atoms with Crippen molar-refractivity contribution < 1.29 is 4.74 Å². The van der Waals surface area contributed by atoms with Crippen molar-refractivity contribution in [3.05, 3.63) is 18.0 Å². The molecule has 0 aromatic carbocycles. The third-order valence-electron chi connectivity index (χ3n) is 1.86. The molecule has 4 heteroatoms. The smallest absolute Gasteiger partial charge is 0.222 e. The van der Waals surface area contributed by atoms with E-state index in [2.05, 4.69) is 29.1 Å². The summed E-state index contributed by atoms with van der Waals surface area (Å²) in [5, 5.41) is 3.09. The minimum absolute atomic E-state index is 0.431. The molecule has 0 saturated heterocycles. The van der Waals surface area contributed by atoms with Crippen molar-refractivity contribution in [3.63, 3.8) is 0 Å². The molecule has 4 nitrogen and oxygen atoms in total. The van der Waals surface area contributed by atoms with Gasteiger partial charge in [-0.1, -0.05) is 13.8 Å². The maximum atomic E-state index is 4.92. The lowest BCUT2D eigenvalue weighted by Crippen LogP contribution is -2.11. The summed E-state index contributed by atoms with van der Waals surface area (Å²) in [6, 6.07) is 1.94. The number of nitrogens with one attached hydrogen (secondary N) is 1. The van der Waals surface area contributed by atoms with Crippen molar-refractivity contribution in [2.75, 3.05) is 25.6 Å². The number of hydrogen-bond acceptors (Lipinski definition) is 4. The number of methoxy groups -OCH3 is 1. The van der Waals surface area contributed by atoms with E-state index in [0.29, 0.717) is 18.5 Å². The van der Waals surface area contributed by atoms with Crippen LogP contribution in [0.5, 0.6) is 0 Å². The van der Waals surface area contributed by atoms with E-state index in [-0.39, 0.29) is 0 Å². The maximum Gasteiger partial charge on any atom is 0.222 e. The molecule has 0 aliphatic rings. The molecule has 0 atom stereocenters. The molecule has 0 spiro atoms. The SMILES string of the molecule is COCCNc1nccc(C(C)C)n1. The molecule has 0 radical (unpaired) electrons. The second-order valence-corrected chi connectivity index (χ2v) is 3.38. The predicted molar refractivity (Wildman–Crippen MR) is 56.5 cm³/mol. The number of ether oxygens (including phenoxy) is 1. The van der Waals surface area contributed by atoms with Crippen molar-refractivity contribution in [1.82, 2.24) is 9.97 Å². The molecule has 0 unspecified atom stereocenters. The summed E-state index contributed by atoms with van der Waals surface area (Å²) in [5.41, 5.74) is 1.06. The second kappa shape index (κ2) is 5.54. The van der Waals surface area contributed by atoms with Crippen LogP contribution < -0.4 is 5.32 Å². The first-order valence-electron chi connectivity index (χ1n) is 4.79. The van der Waals surface area contributed by atoms with E-state index >= 15 is 0 Å². The van der Waals surface area contributed by atoms with Crippen LogP contribution in [-0.2, 0) is 4.74 Å². The average molecular weight is 195 g/mol. The lowest BCUT2D eigenvalue weighted by molar-refractivity contribution is 0.210. The molecule has 1 heterocycles. The van der Waals surface area contributed by atoms with Gasteiger partial charge in [0, 0.05) is 25.5 Å². The second-order valence-electron chi connectivity index (χ2n) is 3.38. The maximum absolute atomic E-state index is 4.92. The topological polar surface area (TPSA) is 47.0 Å². The van der Waals surface area contributed by atoms with Crippen molar-refractivity contribution in [2.45, 2.75) is 19.8 Å². The number of nitrogens with zero attached hydrogens (tertiary/aromatic N) is 2. The summed E-state index contributed by atoms with van der Waals surface area (Å²) in [7, 11) is 1.67. The Morgan fingerprint density at radius 1 is 1.50 bits per heavy atom. The zero-order valence-electron chi connectivity index (χ0n) is 8.95. The van der Waals surface area contributed by atoms with Crippen LogP contribution in [0.4, 0.5) is 5.95 Å². The lowest BCUT2D eigenvalue weighted by atomic mass is 10.1. The van der Waals surface area contributed by atoms with Crippen molar-refractivity contribution in [1.29, 1.82) is 0 Å². The molecule has 0 fully saturated rings. The molecule has 0 bridgehead atoms. The molecule has 1 aromatic rings. The minimum atomic E-state index is 0.431. The fourth-order valence-electron chi connectivity index (χ4n) is 1.04. The molecule has 1 aromatic heterocycles. The Morgan fingerprint density at radius 3 is 2.93 bits per heavy atom. The van der Waals surface area contributed by atoms with E-state index in [4.69, 9.17) is 4.74 Å². The highest BCUT2D eigenvalue weighted by atomic mass is 16.5. The Morgan fingerprint density at radius 2 is 2.29 bits per heavy atom. The van der Waals surface area contributed by atoms with E-state index in [0.717, 1.165) is 12.2 Å². The first-order valence-corrected chi connectivity index (χ1v) is 4.79. The van der Waals surface area contributed by atoms with Crippen LogP contribution in [0.3, 0.4) is 0 Å². The lowest BCUT2D eigenvalue weighted by Gasteiger charge is -2.07. The van der Waals surface area contributed by atoms with Crippen molar-refractivity contribution >= 4 is 5.95 Å². The van der Waals surface area contributed by atoms with Gasteiger partial charge in [-0.15, -0.1) is 0 Å². The molecule has 0 aliphatic carbocycles. The molecule has 1 rings (SSSR count). The van der Waals surface area contributed by atoms with Crippen LogP contribution in [0.25, 0.3) is 0 Å². The molecule has 14 heavy (non-hydrogen) atoms. The predicted octanol–water partition coefficient (Wildman–Crippen LogP) is 1.66. The van der Waals surface area contributed by atoms with Gasteiger partial charge in [-0.2, -0.15) is 0 Å². The van der Waals surface area contributed by atoms with Gasteiger partial charge in [0.1, 0.15) is 0 Å². The van der Waals surface area contributed by atoms with Gasteiger partial charge in [0.15, 0.2) is 0 Å². The van der Waals surface area contributed by atoms with E-state index < -0.39 is 0 Å². The van der Waals surface area contributed by atoms with Crippen LogP contribution in [-0.4, -0.2) is 30.2 Å². The zero-order valence-corrected chi connectivity index (χ0v) is 8.95. The summed E-state index contributed by atoms with van der Waals surface area (Å²) < 4.78 is 4.92. The number of anilines is 1. The first kappa shape index (κ1) is 10.9. The van der Waals surface area contributed by atoms with Gasteiger partial charge in [0.05, 0.1) is 6.61 Å². The Balaban J connectivity index is 2.55. The summed E-state index contributed by atoms with van der Waals surface area (Å²) in [6.45, 7) is 5.62. The van der Waals surface area contributed by atoms with E-state index in [9.17, 15) is 0 Å². The van der Waals surface area contributed by atoms with Crippen molar-refractivity contribution in [3.8, 4) is 0 Å². The quantitative estimate of drug-likeness (QED) is 0.726. The Hall–Kier alpha value is -1.16. The monoisotopic (exact) mass is 195 g/mol.